The molecule has 0 unspecified atom stereocenters. The van der Waals surface area contributed by atoms with Crippen molar-refractivity contribution in [2.45, 2.75) is 19.4 Å². The summed E-state index contributed by atoms with van der Waals surface area (Å²) in [7, 11) is 3.67. The van der Waals surface area contributed by atoms with Crippen LogP contribution in [0.25, 0.3) is 28.1 Å². The Balaban J connectivity index is 1.21. The van der Waals surface area contributed by atoms with E-state index < -0.39 is 0 Å². The van der Waals surface area contributed by atoms with Crippen molar-refractivity contribution in [1.82, 2.24) is 34.4 Å². The zero-order chi connectivity index (χ0) is 29.6. The van der Waals surface area contributed by atoms with Crippen molar-refractivity contribution in [1.29, 1.82) is 0 Å². The molecule has 1 aromatic carbocycles. The number of aliphatic imine (C=N–C) groups is 1. The predicted molar refractivity (Wildman–Crippen MR) is 167 cm³/mol. The molecule has 4 heterocycles. The van der Waals surface area contributed by atoms with E-state index in [4.69, 9.17) is 25.3 Å². The highest BCUT2D eigenvalue weighted by Crippen LogP contribution is 2.39. The molecule has 3 aromatic heterocycles. The molecule has 0 spiro atoms. The topological polar surface area (TPSA) is 134 Å². The van der Waals surface area contributed by atoms with E-state index in [0.717, 1.165) is 97.1 Å². The lowest BCUT2D eigenvalue weighted by Gasteiger charge is -2.25. The minimum atomic E-state index is 0.499. The molecule has 0 bridgehead atoms. The smallest absolute Gasteiger partial charge is 0.228 e. The highest BCUT2D eigenvalue weighted by molar-refractivity contribution is 6.09. The van der Waals surface area contributed by atoms with E-state index in [1.807, 2.05) is 41.1 Å². The van der Waals surface area contributed by atoms with Crippen molar-refractivity contribution in [3.05, 3.63) is 65.7 Å². The lowest BCUT2D eigenvalue weighted by Crippen LogP contribution is -2.37. The Morgan fingerprint density at radius 1 is 1.12 bits per heavy atom. The number of nitrogens with zero attached hydrogens (tertiary/aromatic N) is 8. The minimum absolute atomic E-state index is 0.499. The van der Waals surface area contributed by atoms with Crippen molar-refractivity contribution >= 4 is 23.6 Å². The van der Waals surface area contributed by atoms with Crippen LogP contribution in [-0.2, 0) is 35.9 Å². The molecule has 2 aliphatic rings. The number of allylic oxidation sites excluding steroid dienone is 1. The van der Waals surface area contributed by atoms with Crippen molar-refractivity contribution < 1.29 is 9.47 Å². The van der Waals surface area contributed by atoms with Gasteiger partial charge in [0.1, 0.15) is 0 Å². The van der Waals surface area contributed by atoms with Crippen LogP contribution in [0.3, 0.4) is 0 Å². The fourth-order valence-electron chi connectivity index (χ4n) is 5.53. The average Bonchev–Trinajstić information content (AvgIpc) is 3.63. The van der Waals surface area contributed by atoms with Crippen LogP contribution >= 0.6 is 0 Å². The molecule has 0 saturated carbocycles. The standard InChI is InChI=1S/C31H38N10O2/c1-39-30(23-5-3-22(4-6-23)25(19-32)20-33-10-12-40-13-17-43-18-14-40)28-26(37-39)8-7-24-21-34-31(36-29(24)28)35-27-9-11-41(38-27)15-16-42-2/h3-6,9,11,19-21H,7-8,10,12-18,32H2,1-2H3,(H,34,35,36,38). The number of morpholine rings is 1. The summed E-state index contributed by atoms with van der Waals surface area (Å²) in [5.41, 5.74) is 14.1. The van der Waals surface area contributed by atoms with Crippen molar-refractivity contribution in [2.24, 2.45) is 17.8 Å². The first-order valence-electron chi connectivity index (χ1n) is 14.7. The third kappa shape index (κ3) is 6.51. The summed E-state index contributed by atoms with van der Waals surface area (Å²) in [4.78, 5) is 16.5. The zero-order valence-electron chi connectivity index (χ0n) is 24.7. The third-order valence-corrected chi connectivity index (χ3v) is 7.81. The molecule has 1 aliphatic heterocycles. The molecule has 1 fully saturated rings. The number of hydrogen-bond donors (Lipinski definition) is 2. The summed E-state index contributed by atoms with van der Waals surface area (Å²) in [5, 5.41) is 12.7. The van der Waals surface area contributed by atoms with E-state index in [0.29, 0.717) is 24.9 Å². The minimum Gasteiger partial charge on any atom is -0.404 e. The third-order valence-electron chi connectivity index (χ3n) is 7.81. The summed E-state index contributed by atoms with van der Waals surface area (Å²) in [6, 6.07) is 10.3. The van der Waals surface area contributed by atoms with Crippen LogP contribution in [0.15, 0.2) is 53.9 Å². The molecule has 0 atom stereocenters. The Bertz CT molecular complexity index is 1600. The summed E-state index contributed by atoms with van der Waals surface area (Å²) < 4.78 is 14.4. The van der Waals surface area contributed by atoms with Gasteiger partial charge in [-0.1, -0.05) is 24.3 Å². The lowest BCUT2D eigenvalue weighted by atomic mass is 9.91. The average molecular weight is 583 g/mol. The summed E-state index contributed by atoms with van der Waals surface area (Å²) in [5.74, 6) is 1.18. The number of ether oxygens (including phenoxy) is 2. The van der Waals surface area contributed by atoms with Crippen molar-refractivity contribution in [3.63, 3.8) is 0 Å². The number of benzene rings is 1. The fourth-order valence-corrected chi connectivity index (χ4v) is 5.53. The number of hydrogen-bond acceptors (Lipinski definition) is 10. The van der Waals surface area contributed by atoms with E-state index in [9.17, 15) is 0 Å². The quantitative estimate of drug-likeness (QED) is 0.256. The summed E-state index contributed by atoms with van der Waals surface area (Å²) >= 11 is 0. The second-order valence-electron chi connectivity index (χ2n) is 10.6. The van der Waals surface area contributed by atoms with E-state index in [1.54, 1.807) is 13.3 Å². The Hall–Kier alpha value is -4.39. The monoisotopic (exact) mass is 582 g/mol. The van der Waals surface area contributed by atoms with Gasteiger partial charge in [-0.15, -0.1) is 0 Å². The van der Waals surface area contributed by atoms with Gasteiger partial charge < -0.3 is 20.5 Å². The van der Waals surface area contributed by atoms with E-state index in [2.05, 4.69) is 49.6 Å². The van der Waals surface area contributed by atoms with Gasteiger partial charge in [-0.25, -0.2) is 9.97 Å². The molecule has 4 aromatic rings. The van der Waals surface area contributed by atoms with E-state index in [1.165, 1.54) is 0 Å². The largest absolute Gasteiger partial charge is 0.404 e. The van der Waals surface area contributed by atoms with Gasteiger partial charge in [-0.3, -0.25) is 19.3 Å². The van der Waals surface area contributed by atoms with Gasteiger partial charge in [0.25, 0.3) is 0 Å². The molecule has 12 nitrogen and oxygen atoms in total. The molecular formula is C31H38N10O2. The van der Waals surface area contributed by atoms with Crippen LogP contribution in [0.2, 0.25) is 0 Å². The molecule has 6 rings (SSSR count). The molecular weight excluding hydrogens is 544 g/mol. The van der Waals surface area contributed by atoms with Gasteiger partial charge in [0.15, 0.2) is 5.82 Å². The SMILES string of the molecule is COCCn1ccc(Nc2ncc3c(n2)-c2c(nn(C)c2-c2ccc(C(C=NCCN4CCOCC4)=CN)cc2)CC3)n1. The number of methoxy groups -OCH3 is 1. The molecule has 1 saturated heterocycles. The summed E-state index contributed by atoms with van der Waals surface area (Å²) in [6.45, 7) is 6.43. The number of anilines is 2. The normalized spacial score (nSPS) is 15.5. The zero-order valence-corrected chi connectivity index (χ0v) is 24.7. The second kappa shape index (κ2) is 13.3. The van der Waals surface area contributed by atoms with Gasteiger partial charge in [0.05, 0.1) is 50.0 Å². The maximum absolute atomic E-state index is 6.00. The molecule has 3 N–H and O–H groups in total. The molecule has 0 radical (unpaired) electrons. The summed E-state index contributed by atoms with van der Waals surface area (Å²) in [6.07, 6.45) is 8.98. The first-order valence-corrected chi connectivity index (χ1v) is 14.7. The van der Waals surface area contributed by atoms with Crippen LogP contribution in [0.5, 0.6) is 0 Å². The number of aryl methyl sites for hydroxylation is 3. The van der Waals surface area contributed by atoms with Crippen LogP contribution in [-0.4, -0.2) is 93.8 Å². The molecule has 224 valence electrons. The van der Waals surface area contributed by atoms with Gasteiger partial charge in [0, 0.05) is 81.4 Å². The maximum atomic E-state index is 6.00. The Labute approximate surface area is 251 Å². The highest BCUT2D eigenvalue weighted by atomic mass is 16.5. The van der Waals surface area contributed by atoms with Gasteiger partial charge >= 0.3 is 0 Å². The van der Waals surface area contributed by atoms with Crippen molar-refractivity contribution in [3.8, 4) is 22.5 Å². The van der Waals surface area contributed by atoms with Gasteiger partial charge in [-0.05, 0) is 24.0 Å². The Kier molecular flexibility index (Phi) is 8.87. The van der Waals surface area contributed by atoms with Crippen LogP contribution in [0.1, 0.15) is 16.8 Å². The van der Waals surface area contributed by atoms with E-state index >= 15 is 0 Å². The number of fused-ring (bicyclic) bond motifs is 3. The number of nitrogens with two attached hydrogens (primary N) is 1. The van der Waals surface area contributed by atoms with Crippen LogP contribution in [0, 0.1) is 0 Å². The first-order chi connectivity index (χ1) is 21.1. The van der Waals surface area contributed by atoms with Crippen LogP contribution < -0.4 is 11.1 Å². The molecule has 43 heavy (non-hydrogen) atoms. The lowest BCUT2D eigenvalue weighted by molar-refractivity contribution is 0.0395. The predicted octanol–water partition coefficient (Wildman–Crippen LogP) is 2.93. The highest BCUT2D eigenvalue weighted by Gasteiger charge is 2.27. The van der Waals surface area contributed by atoms with Crippen molar-refractivity contribution in [2.75, 3.05) is 58.4 Å². The molecule has 1 aliphatic carbocycles. The van der Waals surface area contributed by atoms with Gasteiger partial charge in [-0.2, -0.15) is 10.2 Å². The molecule has 0 amide bonds. The Morgan fingerprint density at radius 2 is 1.95 bits per heavy atom. The number of aromatic nitrogens is 6. The van der Waals surface area contributed by atoms with Gasteiger partial charge in [0.2, 0.25) is 5.95 Å². The van der Waals surface area contributed by atoms with E-state index in [-0.39, 0.29) is 0 Å². The maximum Gasteiger partial charge on any atom is 0.228 e. The fraction of sp³-hybridized carbons (Fsp3) is 0.387. The number of rotatable bonds is 11. The number of nitrogens with one attached hydrogen (secondary N) is 1. The molecule has 12 heteroatoms. The first kappa shape index (κ1) is 28.7. The Morgan fingerprint density at radius 3 is 2.74 bits per heavy atom. The second-order valence-corrected chi connectivity index (χ2v) is 10.6. The van der Waals surface area contributed by atoms with Crippen LogP contribution in [0.4, 0.5) is 11.8 Å².